The van der Waals surface area contributed by atoms with E-state index in [4.69, 9.17) is 32.0 Å². The fourth-order valence-corrected chi connectivity index (χ4v) is 10.1. The van der Waals surface area contributed by atoms with Crippen molar-refractivity contribution in [3.63, 3.8) is 0 Å². The first-order chi connectivity index (χ1) is 23.9. The van der Waals surface area contributed by atoms with Crippen molar-refractivity contribution >= 4 is 48.9 Å². The topological polar surface area (TPSA) is 233 Å². The van der Waals surface area contributed by atoms with Crippen molar-refractivity contribution in [1.29, 1.82) is 0 Å². The summed E-state index contributed by atoms with van der Waals surface area (Å²) >= 11 is 0. The maximum atomic E-state index is 13.9. The predicted octanol–water partition coefficient (Wildman–Crippen LogP) is 1.39. The quantitative estimate of drug-likeness (QED) is 0.120. The lowest BCUT2D eigenvalue weighted by atomic mass is 10.5. The Balaban J connectivity index is 1.64. The van der Waals surface area contributed by atoms with Gasteiger partial charge in [-0.25, -0.2) is 18.0 Å². The summed E-state index contributed by atoms with van der Waals surface area (Å²) in [6, 6.07) is 0. The van der Waals surface area contributed by atoms with E-state index < -0.39 is 31.1 Å². The minimum absolute atomic E-state index is 0.0362. The molecule has 26 heteroatoms. The first-order valence-electron chi connectivity index (χ1n) is 16.2. The molecule has 3 heterocycles. The Morgan fingerprint density at radius 2 is 0.824 bits per heavy atom. The fraction of sp³-hybridized carbons (Fsp3) is 0.880. The average Bonchev–Trinajstić information content (AvgIpc) is 3.67. The Morgan fingerprint density at radius 3 is 1.12 bits per heavy atom. The van der Waals surface area contributed by atoms with Crippen LogP contribution in [-0.2, 0) is 49.7 Å². The van der Waals surface area contributed by atoms with Gasteiger partial charge in [-0.2, -0.15) is 0 Å². The van der Waals surface area contributed by atoms with Crippen LogP contribution in [0, 0.1) is 0 Å². The number of phosphoric ester groups is 1. The molecule has 0 aromatic heterocycles. The van der Waals surface area contributed by atoms with Gasteiger partial charge in [-0.05, 0) is 19.3 Å². The van der Waals surface area contributed by atoms with Crippen LogP contribution in [0.2, 0.25) is 0 Å². The molecule has 296 valence electrons. The number of phosphoric acid groups is 1. The van der Waals surface area contributed by atoms with Gasteiger partial charge in [-0.3, -0.25) is 27.2 Å². The van der Waals surface area contributed by atoms with Crippen LogP contribution >= 0.6 is 31.1 Å². The predicted molar refractivity (Wildman–Crippen MR) is 187 cm³/mol. The van der Waals surface area contributed by atoms with Gasteiger partial charge < -0.3 is 43.9 Å². The van der Waals surface area contributed by atoms with E-state index in [1.807, 2.05) is 9.80 Å². The van der Waals surface area contributed by atoms with Crippen molar-refractivity contribution in [2.75, 3.05) is 128 Å². The van der Waals surface area contributed by atoms with Crippen LogP contribution in [0.15, 0.2) is 14.3 Å². The number of likely N-dealkylation sites (N-methyl/N-ethyl adjacent to an activating group) is 6. The highest BCUT2D eigenvalue weighted by molar-refractivity contribution is 7.63. The molecule has 3 saturated heterocycles. The Morgan fingerprint density at radius 1 is 0.549 bits per heavy atom. The monoisotopic (exact) mass is 810 g/mol. The summed E-state index contributed by atoms with van der Waals surface area (Å²) in [6.07, 6.45) is 0.307. The highest BCUT2D eigenvalue weighted by Crippen LogP contribution is 2.62. The minimum atomic E-state index is -5.01. The molecule has 0 aliphatic carbocycles. The summed E-state index contributed by atoms with van der Waals surface area (Å²) < 4.78 is 102. The van der Waals surface area contributed by atoms with E-state index in [0.717, 1.165) is 7.11 Å². The second-order valence-electron chi connectivity index (χ2n) is 11.8. The third-order valence-electron chi connectivity index (χ3n) is 7.58. The van der Waals surface area contributed by atoms with Crippen molar-refractivity contribution in [3.05, 3.63) is 0 Å². The maximum absolute atomic E-state index is 13.9. The molecular formula is C25H52N9O13P4-. The normalized spacial score (nSPS) is 21.6. The molecule has 3 aliphatic heterocycles. The van der Waals surface area contributed by atoms with Gasteiger partial charge in [0.15, 0.2) is 0 Å². The molecule has 0 aromatic carbocycles. The molecular weight excluding hydrogens is 758 g/mol. The third-order valence-corrected chi connectivity index (χ3v) is 13.5. The van der Waals surface area contributed by atoms with E-state index in [9.17, 15) is 23.2 Å². The molecule has 0 amide bonds. The summed E-state index contributed by atoms with van der Waals surface area (Å²) in [6.45, 7) is 2.58. The summed E-state index contributed by atoms with van der Waals surface area (Å²) in [5.74, 6) is 1.01. The van der Waals surface area contributed by atoms with Gasteiger partial charge in [0.05, 0.1) is 33.0 Å². The number of nitrogens with zero attached hydrogens (tertiary/aromatic N) is 9. The standard InChI is InChI=1S/C25H53N9O13P4/c1-29-11-12-30(2)23(29)26-48(36,42-18-8-17-35)43-19-9-20-44-49(37,27-24-31(3)13-14-32(24)4)45-21-10-22-46-50(38,47-51(39,40)41-7)28-25-33(5)15-16-34(25)6/h35H,8-22H2,1-7H3,(H,39,40)/p-1. The second kappa shape index (κ2) is 19.6. The van der Waals surface area contributed by atoms with Crippen molar-refractivity contribution in [2.24, 2.45) is 14.3 Å². The maximum Gasteiger partial charge on any atom is 0.463 e. The SMILES string of the molecule is COP(=O)([O-])OP(=O)(N=C1N(C)CCN1C)OCCCOP(=O)(N=C1N(C)CCN1C)OCCCOP(=O)(N=C1N(C)CCN1C)OCCCO. The number of hydrogen-bond acceptors (Lipinski definition) is 13. The first kappa shape index (κ1) is 43.8. The molecule has 0 aromatic rings. The van der Waals surface area contributed by atoms with Gasteiger partial charge in [-0.15, -0.1) is 14.3 Å². The van der Waals surface area contributed by atoms with Gasteiger partial charge in [0, 0.05) is 95.3 Å². The Kier molecular flexibility index (Phi) is 16.8. The van der Waals surface area contributed by atoms with Crippen molar-refractivity contribution in [2.45, 2.75) is 19.3 Å². The lowest BCUT2D eigenvalue weighted by Gasteiger charge is -2.25. The molecule has 4 atom stereocenters. The second-order valence-corrected chi connectivity index (χ2v) is 18.4. The van der Waals surface area contributed by atoms with E-state index in [-0.39, 0.29) is 64.9 Å². The van der Waals surface area contributed by atoms with Crippen LogP contribution in [-0.4, -0.2) is 181 Å². The number of guanidine groups is 3. The Hall–Kier alpha value is -1.63. The van der Waals surface area contributed by atoms with Gasteiger partial charge >= 0.3 is 23.2 Å². The zero-order chi connectivity index (χ0) is 37.9. The summed E-state index contributed by atoms with van der Waals surface area (Å²) in [5, 5.41) is 9.14. The summed E-state index contributed by atoms with van der Waals surface area (Å²) in [5.41, 5.74) is 0. The van der Waals surface area contributed by atoms with Crippen LogP contribution < -0.4 is 4.89 Å². The largest absolute Gasteiger partial charge is 0.756 e. The van der Waals surface area contributed by atoms with Crippen LogP contribution in [0.1, 0.15) is 19.3 Å². The minimum Gasteiger partial charge on any atom is -0.756 e. The number of aliphatic hydroxyl groups is 1. The van der Waals surface area contributed by atoms with Gasteiger partial charge in [0.1, 0.15) is 0 Å². The van der Waals surface area contributed by atoms with E-state index >= 15 is 0 Å². The molecule has 0 radical (unpaired) electrons. The average molecular weight is 811 g/mol. The van der Waals surface area contributed by atoms with Gasteiger partial charge in [0.2, 0.25) is 17.9 Å². The van der Waals surface area contributed by atoms with E-state index in [1.165, 1.54) is 0 Å². The van der Waals surface area contributed by atoms with Crippen molar-refractivity contribution in [3.8, 4) is 0 Å². The zero-order valence-corrected chi connectivity index (χ0v) is 33.8. The molecule has 0 spiro atoms. The van der Waals surface area contributed by atoms with Crippen molar-refractivity contribution in [1.82, 2.24) is 29.4 Å². The molecule has 0 bridgehead atoms. The van der Waals surface area contributed by atoms with E-state index in [2.05, 4.69) is 18.8 Å². The fourth-order valence-electron chi connectivity index (χ4n) is 4.66. The highest BCUT2D eigenvalue weighted by Gasteiger charge is 2.35. The summed E-state index contributed by atoms with van der Waals surface area (Å²) in [4.78, 5) is 22.5. The van der Waals surface area contributed by atoms with Gasteiger partial charge in [-0.1, -0.05) is 0 Å². The summed E-state index contributed by atoms with van der Waals surface area (Å²) in [7, 11) is -6.42. The van der Waals surface area contributed by atoms with Crippen LogP contribution in [0.5, 0.6) is 0 Å². The Bertz CT molecular complexity index is 1400. The van der Waals surface area contributed by atoms with Crippen molar-refractivity contribution < 1.29 is 59.7 Å². The number of aliphatic hydroxyl groups excluding tert-OH is 1. The molecule has 0 saturated carbocycles. The molecule has 4 unspecified atom stereocenters. The smallest absolute Gasteiger partial charge is 0.463 e. The molecule has 3 fully saturated rings. The molecule has 1 N–H and O–H groups in total. The van der Waals surface area contributed by atoms with E-state index in [1.54, 1.807) is 61.9 Å². The highest BCUT2D eigenvalue weighted by atomic mass is 31.3. The van der Waals surface area contributed by atoms with Crippen LogP contribution in [0.4, 0.5) is 0 Å². The lowest BCUT2D eigenvalue weighted by Crippen LogP contribution is -2.28. The number of rotatable bonds is 22. The molecule has 3 aliphatic rings. The Labute approximate surface area is 299 Å². The molecule has 22 nitrogen and oxygen atoms in total. The van der Waals surface area contributed by atoms with E-state index in [0.29, 0.717) is 51.2 Å². The zero-order valence-electron chi connectivity index (χ0n) is 30.3. The number of hydrogen-bond donors (Lipinski definition) is 1. The third kappa shape index (κ3) is 13.6. The van der Waals surface area contributed by atoms with Gasteiger partial charge in [0.25, 0.3) is 7.82 Å². The first-order valence-corrected chi connectivity index (χ1v) is 22.2. The lowest BCUT2D eigenvalue weighted by molar-refractivity contribution is -0.214. The molecule has 3 rings (SSSR count). The van der Waals surface area contributed by atoms with Crippen LogP contribution in [0.3, 0.4) is 0 Å². The molecule has 51 heavy (non-hydrogen) atoms. The van der Waals surface area contributed by atoms with Crippen LogP contribution in [0.25, 0.3) is 0 Å².